The summed E-state index contributed by atoms with van der Waals surface area (Å²) in [5.41, 5.74) is 3.00. The molecule has 1 atom stereocenters. The van der Waals surface area contributed by atoms with Crippen molar-refractivity contribution in [1.82, 2.24) is 9.80 Å². The smallest absolute Gasteiger partial charge is 0.295 e. The lowest BCUT2D eigenvalue weighted by Crippen LogP contribution is -2.38. The van der Waals surface area contributed by atoms with Gasteiger partial charge in [-0.1, -0.05) is 47.0 Å². The van der Waals surface area contributed by atoms with Gasteiger partial charge in [0.15, 0.2) is 0 Å². The molecule has 0 bridgehead atoms. The third-order valence-corrected chi connectivity index (χ3v) is 7.16. The van der Waals surface area contributed by atoms with Crippen LogP contribution in [-0.4, -0.2) is 66.0 Å². The minimum Gasteiger partial charge on any atom is -0.507 e. The van der Waals surface area contributed by atoms with Crippen LogP contribution in [-0.2, 0) is 14.3 Å². The van der Waals surface area contributed by atoms with Crippen molar-refractivity contribution < 1.29 is 19.4 Å². The Morgan fingerprint density at radius 2 is 1.76 bits per heavy atom. The van der Waals surface area contributed by atoms with Crippen molar-refractivity contribution in [2.45, 2.75) is 26.3 Å². The van der Waals surface area contributed by atoms with E-state index in [2.05, 4.69) is 4.90 Å². The predicted molar refractivity (Wildman–Crippen MR) is 133 cm³/mol. The third kappa shape index (κ3) is 5.01. The number of ketones is 1. The van der Waals surface area contributed by atoms with E-state index in [1.54, 1.807) is 23.1 Å². The Bertz CT molecular complexity index is 1140. The summed E-state index contributed by atoms with van der Waals surface area (Å²) in [7, 11) is 0. The third-order valence-electron chi connectivity index (χ3n) is 6.42. The van der Waals surface area contributed by atoms with Crippen LogP contribution in [0.15, 0.2) is 42.0 Å². The molecule has 0 spiro atoms. The maximum absolute atomic E-state index is 13.2. The van der Waals surface area contributed by atoms with Gasteiger partial charge in [0.1, 0.15) is 5.76 Å². The highest BCUT2D eigenvalue weighted by molar-refractivity contribution is 6.47. The Morgan fingerprint density at radius 3 is 2.47 bits per heavy atom. The molecule has 1 unspecified atom stereocenters. The lowest BCUT2D eigenvalue weighted by atomic mass is 9.93. The maximum atomic E-state index is 13.2. The quantitative estimate of drug-likeness (QED) is 0.350. The Balaban J connectivity index is 1.73. The number of benzene rings is 2. The molecule has 2 aromatic rings. The normalized spacial score (nSPS) is 20.8. The second-order valence-corrected chi connectivity index (χ2v) is 9.61. The zero-order chi connectivity index (χ0) is 24.4. The molecule has 1 amide bonds. The molecular weight excluding hydrogens is 475 g/mol. The number of likely N-dealkylation sites (tertiary alicyclic amines) is 1. The van der Waals surface area contributed by atoms with Gasteiger partial charge >= 0.3 is 0 Å². The zero-order valence-corrected chi connectivity index (χ0v) is 20.8. The molecule has 2 heterocycles. The number of nitrogens with zero attached hydrogens (tertiary/aromatic N) is 2. The van der Waals surface area contributed by atoms with Crippen molar-refractivity contribution in [3.05, 3.63) is 74.3 Å². The van der Waals surface area contributed by atoms with Crippen molar-refractivity contribution >= 4 is 40.7 Å². The van der Waals surface area contributed by atoms with Crippen LogP contribution >= 0.6 is 23.2 Å². The molecule has 0 radical (unpaired) electrons. The molecular formula is C26H28Cl2N2O4. The van der Waals surface area contributed by atoms with E-state index in [9.17, 15) is 14.7 Å². The summed E-state index contributed by atoms with van der Waals surface area (Å²) in [6.07, 6.45) is 0.689. The summed E-state index contributed by atoms with van der Waals surface area (Å²) >= 11 is 12.4. The number of hydrogen-bond donors (Lipinski definition) is 1. The second-order valence-electron chi connectivity index (χ2n) is 8.79. The largest absolute Gasteiger partial charge is 0.507 e. The molecule has 0 aromatic heterocycles. The van der Waals surface area contributed by atoms with Crippen LogP contribution in [0.3, 0.4) is 0 Å². The number of aryl methyl sites for hydroxylation is 2. The van der Waals surface area contributed by atoms with Crippen LogP contribution in [0.1, 0.15) is 34.7 Å². The summed E-state index contributed by atoms with van der Waals surface area (Å²) in [4.78, 5) is 30.2. The van der Waals surface area contributed by atoms with E-state index in [1.807, 2.05) is 32.0 Å². The van der Waals surface area contributed by atoms with Crippen molar-refractivity contribution in [2.24, 2.45) is 0 Å². The summed E-state index contributed by atoms with van der Waals surface area (Å²) in [5, 5.41) is 12.0. The van der Waals surface area contributed by atoms with Crippen LogP contribution in [0.4, 0.5) is 0 Å². The lowest BCUT2D eigenvalue weighted by Gasteiger charge is -2.29. The van der Waals surface area contributed by atoms with Gasteiger partial charge in [0.05, 0.1) is 34.9 Å². The van der Waals surface area contributed by atoms with E-state index in [1.165, 1.54) is 0 Å². The van der Waals surface area contributed by atoms with E-state index >= 15 is 0 Å². The number of amides is 1. The van der Waals surface area contributed by atoms with Gasteiger partial charge in [-0.05, 0) is 49.6 Å². The van der Waals surface area contributed by atoms with Gasteiger partial charge in [0.25, 0.3) is 11.7 Å². The average molecular weight is 503 g/mol. The minimum atomic E-state index is -0.751. The number of halogens is 2. The van der Waals surface area contributed by atoms with Crippen molar-refractivity contribution in [2.75, 3.05) is 39.4 Å². The fraction of sp³-hybridized carbons (Fsp3) is 0.385. The minimum absolute atomic E-state index is 0.0726. The van der Waals surface area contributed by atoms with E-state index < -0.39 is 17.7 Å². The summed E-state index contributed by atoms with van der Waals surface area (Å²) in [6, 6.07) is 9.94. The fourth-order valence-electron chi connectivity index (χ4n) is 4.57. The first-order chi connectivity index (χ1) is 16.3. The molecule has 2 aliphatic rings. The van der Waals surface area contributed by atoms with Crippen LogP contribution in [0.2, 0.25) is 10.0 Å². The highest BCUT2D eigenvalue weighted by atomic mass is 35.5. The number of Topliss-reactive ketones (excluding diaryl/α,β-unsaturated/α-hetero) is 1. The van der Waals surface area contributed by atoms with Gasteiger partial charge in [-0.25, -0.2) is 0 Å². The Kier molecular flexibility index (Phi) is 7.63. The Morgan fingerprint density at radius 1 is 1.03 bits per heavy atom. The van der Waals surface area contributed by atoms with Gasteiger partial charge in [-0.3, -0.25) is 14.5 Å². The number of rotatable bonds is 6. The lowest BCUT2D eigenvalue weighted by molar-refractivity contribution is -0.140. The molecule has 0 aliphatic carbocycles. The van der Waals surface area contributed by atoms with Crippen LogP contribution in [0, 0.1) is 13.8 Å². The number of aliphatic hydroxyl groups is 1. The van der Waals surface area contributed by atoms with Crippen molar-refractivity contribution in [3.8, 4) is 0 Å². The molecule has 8 heteroatoms. The predicted octanol–water partition coefficient (Wildman–Crippen LogP) is 4.75. The zero-order valence-electron chi connectivity index (χ0n) is 19.3. The van der Waals surface area contributed by atoms with E-state index in [0.29, 0.717) is 47.4 Å². The van der Waals surface area contributed by atoms with Gasteiger partial charge < -0.3 is 14.7 Å². The van der Waals surface area contributed by atoms with Crippen LogP contribution in [0.25, 0.3) is 5.76 Å². The Hall–Kier alpha value is -2.38. The fourth-order valence-corrected chi connectivity index (χ4v) is 4.87. The Labute approximate surface area is 209 Å². The summed E-state index contributed by atoms with van der Waals surface area (Å²) in [5.74, 6) is -1.49. The molecule has 6 nitrogen and oxygen atoms in total. The molecule has 180 valence electrons. The SMILES string of the molecule is Cc1ccc(C)c(/C(O)=C2\C(=O)C(=O)N(CCCN3CCOCC3)C2c2ccc(Cl)c(Cl)c2)c1. The van der Waals surface area contributed by atoms with E-state index in [0.717, 1.165) is 30.8 Å². The monoisotopic (exact) mass is 502 g/mol. The molecule has 2 fully saturated rings. The van der Waals surface area contributed by atoms with Crippen LogP contribution in [0.5, 0.6) is 0 Å². The average Bonchev–Trinajstić information content (AvgIpc) is 3.07. The topological polar surface area (TPSA) is 70.1 Å². The summed E-state index contributed by atoms with van der Waals surface area (Å²) < 4.78 is 5.40. The molecule has 1 N–H and O–H groups in total. The molecule has 34 heavy (non-hydrogen) atoms. The first-order valence-corrected chi connectivity index (χ1v) is 12.1. The number of aliphatic hydroxyl groups excluding tert-OH is 1. The van der Waals surface area contributed by atoms with E-state index in [4.69, 9.17) is 27.9 Å². The van der Waals surface area contributed by atoms with Gasteiger partial charge in [-0.2, -0.15) is 0 Å². The van der Waals surface area contributed by atoms with Crippen molar-refractivity contribution in [3.63, 3.8) is 0 Å². The van der Waals surface area contributed by atoms with Gasteiger partial charge in [-0.15, -0.1) is 0 Å². The molecule has 2 aliphatic heterocycles. The van der Waals surface area contributed by atoms with Crippen LogP contribution < -0.4 is 0 Å². The number of morpholine rings is 1. The van der Waals surface area contributed by atoms with Crippen molar-refractivity contribution in [1.29, 1.82) is 0 Å². The second kappa shape index (κ2) is 10.5. The standard InChI is InChI=1S/C26H28Cl2N2O4/c1-16-4-5-17(2)19(14-16)24(31)22-23(18-6-7-20(27)21(28)15-18)30(26(33)25(22)32)9-3-8-29-10-12-34-13-11-29/h4-7,14-15,23,31H,3,8-13H2,1-2H3/b24-22+. The maximum Gasteiger partial charge on any atom is 0.295 e. The highest BCUT2D eigenvalue weighted by Crippen LogP contribution is 2.41. The van der Waals surface area contributed by atoms with Gasteiger partial charge in [0.2, 0.25) is 0 Å². The highest BCUT2D eigenvalue weighted by Gasteiger charge is 2.46. The molecule has 0 saturated carbocycles. The molecule has 4 rings (SSSR count). The molecule has 2 aromatic carbocycles. The van der Waals surface area contributed by atoms with E-state index in [-0.39, 0.29) is 11.3 Å². The number of carbonyl (C=O) groups excluding carboxylic acids is 2. The molecule has 2 saturated heterocycles. The summed E-state index contributed by atoms with van der Waals surface area (Å²) in [6.45, 7) is 8.03. The first-order valence-electron chi connectivity index (χ1n) is 11.4. The number of hydrogen-bond acceptors (Lipinski definition) is 5. The first kappa shape index (κ1) is 24.7. The number of ether oxygens (including phenoxy) is 1. The number of carbonyl (C=O) groups is 2. The van der Waals surface area contributed by atoms with Gasteiger partial charge in [0, 0.05) is 31.7 Å².